The molecule has 168 valence electrons. The zero-order valence-electron chi connectivity index (χ0n) is 19.0. The van der Waals surface area contributed by atoms with Crippen LogP contribution in [0.4, 0.5) is 0 Å². The van der Waals surface area contributed by atoms with Gasteiger partial charge in [-0.1, -0.05) is 36.4 Å². The third-order valence-electron chi connectivity index (χ3n) is 6.34. The van der Waals surface area contributed by atoms with E-state index in [1.807, 2.05) is 36.4 Å². The van der Waals surface area contributed by atoms with Crippen molar-refractivity contribution in [3.63, 3.8) is 0 Å². The normalized spacial score (nSPS) is 14.1. The highest BCUT2D eigenvalue weighted by molar-refractivity contribution is 5.70. The number of benzene rings is 3. The minimum absolute atomic E-state index is 0.278. The smallest absolute Gasteiger partial charge is 0.119 e. The number of aryl methyl sites for hydroxylation is 1. The first-order chi connectivity index (χ1) is 15.6. The van der Waals surface area contributed by atoms with E-state index in [0.717, 1.165) is 36.3 Å². The van der Waals surface area contributed by atoms with E-state index in [1.54, 1.807) is 6.07 Å². The highest BCUT2D eigenvalue weighted by Crippen LogP contribution is 2.31. The standard InChI is InChI=1S/C28H34N2O2/c1-21-18-22(4-5-23(21)12-16-30-14-2-3-15-30)19-25-6-9-26(31)20-28(25)24-7-10-27(11-8-24)32-17-13-29/h4-11,18,20,31H,2-3,12-17,19,29H2,1H3. The van der Waals surface area contributed by atoms with Crippen LogP contribution in [-0.4, -0.2) is 42.8 Å². The van der Waals surface area contributed by atoms with E-state index < -0.39 is 0 Å². The molecule has 0 aromatic heterocycles. The minimum Gasteiger partial charge on any atom is -0.508 e. The number of hydrogen-bond donors (Lipinski definition) is 2. The van der Waals surface area contributed by atoms with Crippen LogP contribution in [-0.2, 0) is 12.8 Å². The molecular formula is C28H34N2O2. The fraction of sp³-hybridized carbons (Fsp3) is 0.357. The molecule has 1 heterocycles. The average Bonchev–Trinajstić information content (AvgIpc) is 3.32. The van der Waals surface area contributed by atoms with Crippen LogP contribution in [0.3, 0.4) is 0 Å². The predicted octanol–water partition coefficient (Wildman–Crippen LogP) is 4.93. The average molecular weight is 431 g/mol. The van der Waals surface area contributed by atoms with Gasteiger partial charge in [0.2, 0.25) is 0 Å². The number of phenolic OH excluding ortho intramolecular Hbond substituents is 1. The fourth-order valence-electron chi connectivity index (χ4n) is 4.55. The zero-order valence-corrected chi connectivity index (χ0v) is 19.0. The van der Waals surface area contributed by atoms with Gasteiger partial charge in [0.1, 0.15) is 18.1 Å². The highest BCUT2D eigenvalue weighted by atomic mass is 16.5. The Kier molecular flexibility index (Phi) is 7.46. The lowest BCUT2D eigenvalue weighted by molar-refractivity contribution is 0.328. The lowest BCUT2D eigenvalue weighted by Gasteiger charge is -2.16. The van der Waals surface area contributed by atoms with Gasteiger partial charge in [-0.25, -0.2) is 0 Å². The van der Waals surface area contributed by atoms with Crippen LogP contribution in [0.15, 0.2) is 60.7 Å². The molecule has 1 aliphatic heterocycles. The molecule has 0 aliphatic carbocycles. The largest absolute Gasteiger partial charge is 0.508 e. The van der Waals surface area contributed by atoms with Crippen molar-refractivity contribution in [2.24, 2.45) is 5.73 Å². The summed E-state index contributed by atoms with van der Waals surface area (Å²) in [5.74, 6) is 1.08. The summed E-state index contributed by atoms with van der Waals surface area (Å²) in [6, 6.07) is 20.5. The fourth-order valence-corrected chi connectivity index (χ4v) is 4.55. The molecule has 1 saturated heterocycles. The summed E-state index contributed by atoms with van der Waals surface area (Å²) in [6.07, 6.45) is 4.64. The van der Waals surface area contributed by atoms with Crippen LogP contribution in [0.5, 0.6) is 11.5 Å². The molecule has 0 radical (unpaired) electrons. The first-order valence-electron chi connectivity index (χ1n) is 11.7. The second-order valence-corrected chi connectivity index (χ2v) is 8.74. The van der Waals surface area contributed by atoms with Gasteiger partial charge in [0.15, 0.2) is 0 Å². The van der Waals surface area contributed by atoms with Crippen molar-refractivity contribution in [3.05, 3.63) is 82.9 Å². The van der Waals surface area contributed by atoms with Crippen LogP contribution in [0.2, 0.25) is 0 Å². The summed E-state index contributed by atoms with van der Waals surface area (Å²) >= 11 is 0. The van der Waals surface area contributed by atoms with Gasteiger partial charge in [-0.2, -0.15) is 0 Å². The predicted molar refractivity (Wildman–Crippen MR) is 131 cm³/mol. The van der Waals surface area contributed by atoms with Crippen LogP contribution < -0.4 is 10.5 Å². The molecule has 0 saturated carbocycles. The number of nitrogens with zero attached hydrogens (tertiary/aromatic N) is 1. The maximum absolute atomic E-state index is 10.1. The monoisotopic (exact) mass is 430 g/mol. The van der Waals surface area contributed by atoms with Gasteiger partial charge in [-0.3, -0.25) is 0 Å². The number of rotatable bonds is 9. The molecule has 0 amide bonds. The molecule has 0 unspecified atom stereocenters. The Bertz CT molecular complexity index is 1020. The van der Waals surface area contributed by atoms with Crippen molar-refractivity contribution in [1.82, 2.24) is 4.90 Å². The number of phenols is 1. The van der Waals surface area contributed by atoms with Crippen molar-refractivity contribution in [2.75, 3.05) is 32.8 Å². The molecule has 0 bridgehead atoms. The molecule has 32 heavy (non-hydrogen) atoms. The van der Waals surface area contributed by atoms with E-state index in [-0.39, 0.29) is 5.75 Å². The van der Waals surface area contributed by atoms with Crippen LogP contribution >= 0.6 is 0 Å². The third kappa shape index (κ3) is 5.70. The van der Waals surface area contributed by atoms with Crippen molar-refractivity contribution in [3.8, 4) is 22.6 Å². The summed E-state index contributed by atoms with van der Waals surface area (Å²) in [5, 5.41) is 10.1. The maximum Gasteiger partial charge on any atom is 0.119 e. The number of aromatic hydroxyl groups is 1. The lowest BCUT2D eigenvalue weighted by atomic mass is 9.93. The quantitative estimate of drug-likeness (QED) is 0.505. The van der Waals surface area contributed by atoms with Gasteiger partial charge >= 0.3 is 0 Å². The Morgan fingerprint density at radius 1 is 0.938 bits per heavy atom. The minimum atomic E-state index is 0.278. The summed E-state index contributed by atoms with van der Waals surface area (Å²) in [6.45, 7) is 6.88. The van der Waals surface area contributed by atoms with Gasteiger partial charge in [0, 0.05) is 13.1 Å². The molecule has 4 rings (SSSR count). The zero-order chi connectivity index (χ0) is 22.3. The Labute approximate surface area is 191 Å². The van der Waals surface area contributed by atoms with E-state index >= 15 is 0 Å². The van der Waals surface area contributed by atoms with E-state index in [9.17, 15) is 5.11 Å². The van der Waals surface area contributed by atoms with Crippen molar-refractivity contribution >= 4 is 0 Å². The molecule has 1 fully saturated rings. The van der Waals surface area contributed by atoms with Gasteiger partial charge in [0.25, 0.3) is 0 Å². The Balaban J connectivity index is 1.50. The molecule has 1 aliphatic rings. The first-order valence-corrected chi connectivity index (χ1v) is 11.7. The molecule has 3 aromatic rings. The Morgan fingerprint density at radius 2 is 1.69 bits per heavy atom. The SMILES string of the molecule is Cc1cc(Cc2ccc(O)cc2-c2ccc(OCCN)cc2)ccc1CCN1CCCC1. The summed E-state index contributed by atoms with van der Waals surface area (Å²) < 4.78 is 5.59. The van der Waals surface area contributed by atoms with Gasteiger partial charge in [-0.05, 0) is 103 Å². The van der Waals surface area contributed by atoms with E-state index in [0.29, 0.717) is 13.2 Å². The van der Waals surface area contributed by atoms with E-state index in [1.165, 1.54) is 48.2 Å². The number of ether oxygens (including phenoxy) is 1. The van der Waals surface area contributed by atoms with Gasteiger partial charge in [0.05, 0.1) is 0 Å². The highest BCUT2D eigenvalue weighted by Gasteiger charge is 2.12. The first kappa shape index (κ1) is 22.4. The molecule has 3 N–H and O–H groups in total. The molecule has 0 spiro atoms. The van der Waals surface area contributed by atoms with Crippen LogP contribution in [0, 0.1) is 6.92 Å². The number of hydrogen-bond acceptors (Lipinski definition) is 4. The van der Waals surface area contributed by atoms with Crippen molar-refractivity contribution in [2.45, 2.75) is 32.6 Å². The number of likely N-dealkylation sites (tertiary alicyclic amines) is 1. The lowest BCUT2D eigenvalue weighted by Crippen LogP contribution is -2.22. The maximum atomic E-state index is 10.1. The van der Waals surface area contributed by atoms with Gasteiger partial charge < -0.3 is 20.5 Å². The number of nitrogens with two attached hydrogens (primary N) is 1. The van der Waals surface area contributed by atoms with E-state index in [4.69, 9.17) is 10.5 Å². The van der Waals surface area contributed by atoms with E-state index in [2.05, 4.69) is 30.0 Å². The van der Waals surface area contributed by atoms with Crippen LogP contribution in [0.25, 0.3) is 11.1 Å². The topological polar surface area (TPSA) is 58.7 Å². The molecule has 4 heteroatoms. The van der Waals surface area contributed by atoms with Crippen LogP contribution in [0.1, 0.15) is 35.1 Å². The second-order valence-electron chi connectivity index (χ2n) is 8.74. The van der Waals surface area contributed by atoms with Crippen molar-refractivity contribution in [1.29, 1.82) is 0 Å². The van der Waals surface area contributed by atoms with Crippen molar-refractivity contribution < 1.29 is 9.84 Å². The molecule has 0 atom stereocenters. The summed E-state index contributed by atoms with van der Waals surface area (Å²) in [4.78, 5) is 2.57. The summed E-state index contributed by atoms with van der Waals surface area (Å²) in [5.41, 5.74) is 12.9. The summed E-state index contributed by atoms with van der Waals surface area (Å²) in [7, 11) is 0. The Hall–Kier alpha value is -2.82. The Morgan fingerprint density at radius 3 is 2.41 bits per heavy atom. The molecule has 4 nitrogen and oxygen atoms in total. The molecule has 3 aromatic carbocycles. The molecular weight excluding hydrogens is 396 g/mol. The third-order valence-corrected chi connectivity index (χ3v) is 6.34. The van der Waals surface area contributed by atoms with Gasteiger partial charge in [-0.15, -0.1) is 0 Å². The second kappa shape index (κ2) is 10.7.